The molecule has 3 aromatic rings. The maximum atomic E-state index is 13.4. The summed E-state index contributed by atoms with van der Waals surface area (Å²) in [5, 5.41) is 2.67. The van der Waals surface area contributed by atoms with Crippen LogP contribution in [-0.4, -0.2) is 22.6 Å². The van der Waals surface area contributed by atoms with Crippen molar-refractivity contribution in [2.24, 2.45) is 0 Å². The van der Waals surface area contributed by atoms with Gasteiger partial charge in [-0.25, -0.2) is 4.98 Å². The lowest BCUT2D eigenvalue weighted by Crippen LogP contribution is -2.39. The summed E-state index contributed by atoms with van der Waals surface area (Å²) in [5.41, 5.74) is -0.440. The van der Waals surface area contributed by atoms with E-state index in [2.05, 4.69) is 10.3 Å². The van der Waals surface area contributed by atoms with E-state index in [1.165, 1.54) is 20.1 Å². The van der Waals surface area contributed by atoms with E-state index in [4.69, 9.17) is 4.74 Å². The molecule has 0 bridgehead atoms. The molecule has 0 aliphatic carbocycles. The standard InChI is InChI=1S/C22H22F3N3O3/c1-12-9-17-18(10-13(12)2)28(21(30)19(27-17)22(23,24)25)14(3)20(29)26-11-15-5-7-16(31-4)8-6-15/h5-10,14H,11H2,1-4H3,(H,26,29)/t14-/m1/s1. The number of halogens is 3. The van der Waals surface area contributed by atoms with Gasteiger partial charge in [-0.1, -0.05) is 12.1 Å². The van der Waals surface area contributed by atoms with Gasteiger partial charge in [-0.05, 0) is 61.7 Å². The van der Waals surface area contributed by atoms with Gasteiger partial charge in [-0.3, -0.25) is 14.2 Å². The van der Waals surface area contributed by atoms with Gasteiger partial charge in [-0.15, -0.1) is 0 Å². The van der Waals surface area contributed by atoms with Gasteiger partial charge in [0.2, 0.25) is 11.6 Å². The van der Waals surface area contributed by atoms with Crippen LogP contribution in [0.2, 0.25) is 0 Å². The summed E-state index contributed by atoms with van der Waals surface area (Å²) in [4.78, 5) is 29.0. The largest absolute Gasteiger partial charge is 0.497 e. The number of benzene rings is 2. The third-order valence-electron chi connectivity index (χ3n) is 5.17. The molecule has 0 radical (unpaired) electrons. The number of carbonyl (C=O) groups is 1. The number of hydrogen-bond donors (Lipinski definition) is 1. The number of aromatic nitrogens is 2. The van der Waals surface area contributed by atoms with Crippen LogP contribution in [0.25, 0.3) is 11.0 Å². The zero-order valence-electron chi connectivity index (χ0n) is 17.5. The zero-order chi connectivity index (χ0) is 22.9. The molecule has 31 heavy (non-hydrogen) atoms. The summed E-state index contributed by atoms with van der Waals surface area (Å²) >= 11 is 0. The maximum absolute atomic E-state index is 13.4. The third kappa shape index (κ3) is 4.55. The summed E-state index contributed by atoms with van der Waals surface area (Å²) in [7, 11) is 1.54. The Balaban J connectivity index is 2.00. The van der Waals surface area contributed by atoms with Crippen molar-refractivity contribution in [3.8, 4) is 5.75 Å². The number of amides is 1. The van der Waals surface area contributed by atoms with Crippen LogP contribution in [0.15, 0.2) is 41.2 Å². The number of fused-ring (bicyclic) bond motifs is 1. The molecule has 2 aromatic carbocycles. The predicted octanol–water partition coefficient (Wildman–Crippen LogP) is 3.92. The van der Waals surface area contributed by atoms with Gasteiger partial charge >= 0.3 is 6.18 Å². The van der Waals surface area contributed by atoms with E-state index in [0.29, 0.717) is 5.75 Å². The van der Waals surface area contributed by atoms with Crippen molar-refractivity contribution in [2.75, 3.05) is 7.11 Å². The van der Waals surface area contributed by atoms with Crippen molar-refractivity contribution in [3.63, 3.8) is 0 Å². The number of aryl methyl sites for hydroxylation is 2. The number of alkyl halides is 3. The van der Waals surface area contributed by atoms with E-state index < -0.39 is 29.4 Å². The topological polar surface area (TPSA) is 73.2 Å². The van der Waals surface area contributed by atoms with Crippen molar-refractivity contribution in [3.05, 3.63) is 69.1 Å². The molecule has 0 spiro atoms. The minimum Gasteiger partial charge on any atom is -0.497 e. The van der Waals surface area contributed by atoms with Gasteiger partial charge in [0.1, 0.15) is 11.8 Å². The first-order valence-corrected chi connectivity index (χ1v) is 9.54. The fraction of sp³-hybridized carbons (Fsp3) is 0.318. The molecule has 1 amide bonds. The molecular formula is C22H22F3N3O3. The average molecular weight is 433 g/mol. The van der Waals surface area contributed by atoms with E-state index in [-0.39, 0.29) is 17.6 Å². The van der Waals surface area contributed by atoms with Crippen LogP contribution in [0.4, 0.5) is 13.2 Å². The van der Waals surface area contributed by atoms with Crippen LogP contribution in [0.3, 0.4) is 0 Å². The molecule has 0 saturated heterocycles. The van der Waals surface area contributed by atoms with Gasteiger partial charge in [0.25, 0.3) is 5.56 Å². The highest BCUT2D eigenvalue weighted by Crippen LogP contribution is 2.28. The lowest BCUT2D eigenvalue weighted by atomic mass is 10.1. The number of methoxy groups -OCH3 is 1. The number of hydrogen-bond acceptors (Lipinski definition) is 4. The molecule has 1 atom stereocenters. The highest BCUT2D eigenvalue weighted by atomic mass is 19.4. The Bertz CT molecular complexity index is 1190. The van der Waals surface area contributed by atoms with Gasteiger partial charge in [0, 0.05) is 6.54 Å². The second kappa shape index (κ2) is 8.41. The molecule has 0 aliphatic rings. The van der Waals surface area contributed by atoms with Crippen molar-refractivity contribution in [1.82, 2.24) is 14.9 Å². The molecule has 1 heterocycles. The molecular weight excluding hydrogens is 411 g/mol. The molecule has 0 unspecified atom stereocenters. The summed E-state index contributed by atoms with van der Waals surface area (Å²) in [5.74, 6) is 0.0698. The second-order valence-electron chi connectivity index (χ2n) is 7.30. The first-order valence-electron chi connectivity index (χ1n) is 9.54. The third-order valence-corrected chi connectivity index (χ3v) is 5.17. The number of carbonyl (C=O) groups excluding carboxylic acids is 1. The lowest BCUT2D eigenvalue weighted by molar-refractivity contribution is -0.142. The highest BCUT2D eigenvalue weighted by molar-refractivity contribution is 5.84. The minimum atomic E-state index is -4.94. The van der Waals surface area contributed by atoms with Crippen LogP contribution in [0.1, 0.15) is 35.3 Å². The fourth-order valence-corrected chi connectivity index (χ4v) is 3.23. The van der Waals surface area contributed by atoms with Crippen LogP contribution in [0.5, 0.6) is 5.75 Å². The summed E-state index contributed by atoms with van der Waals surface area (Å²) < 4.78 is 46.3. The minimum absolute atomic E-state index is 0.00447. The fourth-order valence-electron chi connectivity index (χ4n) is 3.23. The Labute approximate surface area is 176 Å². The number of ether oxygens (including phenoxy) is 1. The summed E-state index contributed by atoms with van der Waals surface area (Å²) in [6, 6.07) is 8.85. The molecule has 3 rings (SSSR count). The van der Waals surface area contributed by atoms with Gasteiger partial charge in [0.15, 0.2) is 0 Å². The molecule has 1 N–H and O–H groups in total. The molecule has 164 valence electrons. The van der Waals surface area contributed by atoms with Crippen LogP contribution in [-0.2, 0) is 17.5 Å². The molecule has 9 heteroatoms. The SMILES string of the molecule is COc1ccc(CNC(=O)[C@@H](C)n2c(=O)c(C(F)(F)F)nc3cc(C)c(C)cc32)cc1. The van der Waals surface area contributed by atoms with Crippen molar-refractivity contribution in [2.45, 2.75) is 39.5 Å². The smallest absolute Gasteiger partial charge is 0.438 e. The van der Waals surface area contributed by atoms with Crippen molar-refractivity contribution in [1.29, 1.82) is 0 Å². The highest BCUT2D eigenvalue weighted by Gasteiger charge is 2.38. The van der Waals surface area contributed by atoms with E-state index in [9.17, 15) is 22.8 Å². The molecule has 6 nitrogen and oxygen atoms in total. The van der Waals surface area contributed by atoms with E-state index in [0.717, 1.165) is 21.3 Å². The van der Waals surface area contributed by atoms with E-state index in [1.54, 1.807) is 44.2 Å². The number of rotatable bonds is 5. The van der Waals surface area contributed by atoms with Gasteiger partial charge < -0.3 is 10.1 Å². The average Bonchev–Trinajstić information content (AvgIpc) is 2.72. The van der Waals surface area contributed by atoms with E-state index in [1.807, 2.05) is 0 Å². The summed E-state index contributed by atoms with van der Waals surface area (Å²) in [6.07, 6.45) is -4.94. The second-order valence-corrected chi connectivity index (χ2v) is 7.30. The molecule has 0 saturated carbocycles. The number of nitrogens with one attached hydrogen (secondary N) is 1. The molecule has 0 fully saturated rings. The number of nitrogens with zero attached hydrogens (tertiary/aromatic N) is 2. The quantitative estimate of drug-likeness (QED) is 0.662. The first-order chi connectivity index (χ1) is 14.5. The van der Waals surface area contributed by atoms with Crippen LogP contribution >= 0.6 is 0 Å². The Morgan fingerprint density at radius 1 is 1.16 bits per heavy atom. The normalized spacial score (nSPS) is 12.6. The Morgan fingerprint density at radius 2 is 1.77 bits per heavy atom. The predicted molar refractivity (Wildman–Crippen MR) is 110 cm³/mol. The van der Waals surface area contributed by atoms with Gasteiger partial charge in [0.05, 0.1) is 18.1 Å². The molecule has 1 aromatic heterocycles. The Kier molecular flexibility index (Phi) is 6.06. The Hall–Kier alpha value is -3.36. The van der Waals surface area contributed by atoms with Crippen LogP contribution < -0.4 is 15.6 Å². The maximum Gasteiger partial charge on any atom is 0.438 e. The molecule has 0 aliphatic heterocycles. The summed E-state index contributed by atoms with van der Waals surface area (Å²) in [6.45, 7) is 5.05. The monoisotopic (exact) mass is 433 g/mol. The van der Waals surface area contributed by atoms with Gasteiger partial charge in [-0.2, -0.15) is 13.2 Å². The van der Waals surface area contributed by atoms with E-state index >= 15 is 0 Å². The Morgan fingerprint density at radius 3 is 2.35 bits per heavy atom. The zero-order valence-corrected chi connectivity index (χ0v) is 17.5. The van der Waals surface area contributed by atoms with Crippen molar-refractivity contribution < 1.29 is 22.7 Å². The van der Waals surface area contributed by atoms with Crippen LogP contribution in [0, 0.1) is 13.8 Å². The lowest BCUT2D eigenvalue weighted by Gasteiger charge is -2.20. The first kappa shape index (κ1) is 22.3. The van der Waals surface area contributed by atoms with Crippen molar-refractivity contribution >= 4 is 16.9 Å².